The molecule has 1 aromatic rings. The maximum absolute atomic E-state index is 13.2. The van der Waals surface area contributed by atoms with Crippen LogP contribution in [0.15, 0.2) is 24.3 Å². The molecule has 17 heavy (non-hydrogen) atoms. The third-order valence-electron chi connectivity index (χ3n) is 2.71. The highest BCUT2D eigenvalue weighted by atomic mass is 32.1. The molecule has 1 rings (SSSR count). The van der Waals surface area contributed by atoms with Crippen LogP contribution >= 0.6 is 12.2 Å². The maximum atomic E-state index is 13.2. The number of para-hydroxylation sites is 1. The van der Waals surface area contributed by atoms with Gasteiger partial charge in [-0.15, -0.1) is 0 Å². The Morgan fingerprint density at radius 2 is 2.06 bits per heavy atom. The van der Waals surface area contributed by atoms with E-state index in [1.165, 1.54) is 6.07 Å². The summed E-state index contributed by atoms with van der Waals surface area (Å²) in [4.78, 5) is 0.503. The first-order chi connectivity index (χ1) is 7.93. The monoisotopic (exact) mass is 255 g/mol. The van der Waals surface area contributed by atoms with Gasteiger partial charge in [0, 0.05) is 5.41 Å². The Labute approximate surface area is 107 Å². The highest BCUT2D eigenvalue weighted by Gasteiger charge is 2.20. The van der Waals surface area contributed by atoms with Gasteiger partial charge in [-0.1, -0.05) is 38.2 Å². The normalized spacial score (nSPS) is 11.2. The summed E-state index contributed by atoms with van der Waals surface area (Å²) in [7, 11) is 0. The molecule has 0 amide bonds. The van der Waals surface area contributed by atoms with Gasteiger partial charge < -0.3 is 10.5 Å². The van der Waals surface area contributed by atoms with Crippen molar-refractivity contribution in [2.24, 2.45) is 11.1 Å². The average molecular weight is 255 g/mol. The fourth-order valence-electron chi connectivity index (χ4n) is 1.38. The van der Waals surface area contributed by atoms with Gasteiger partial charge in [0.05, 0.1) is 11.6 Å². The highest BCUT2D eigenvalue weighted by Crippen LogP contribution is 2.23. The Morgan fingerprint density at radius 3 is 2.65 bits per heavy atom. The smallest absolute Gasteiger partial charge is 0.165 e. The van der Waals surface area contributed by atoms with Crippen molar-refractivity contribution in [3.63, 3.8) is 0 Å². The van der Waals surface area contributed by atoms with Crippen molar-refractivity contribution in [2.75, 3.05) is 6.61 Å². The first-order valence-corrected chi connectivity index (χ1v) is 6.01. The Kier molecular flexibility index (Phi) is 4.87. The van der Waals surface area contributed by atoms with E-state index in [1.54, 1.807) is 18.2 Å². The topological polar surface area (TPSA) is 35.2 Å². The Morgan fingerprint density at radius 1 is 1.41 bits per heavy atom. The summed E-state index contributed by atoms with van der Waals surface area (Å²) in [6, 6.07) is 6.39. The lowest BCUT2D eigenvalue weighted by Crippen LogP contribution is -2.30. The molecule has 0 saturated heterocycles. The molecule has 2 nitrogen and oxygen atoms in total. The van der Waals surface area contributed by atoms with Crippen molar-refractivity contribution in [3.8, 4) is 5.75 Å². The van der Waals surface area contributed by atoms with Crippen LogP contribution in [0.25, 0.3) is 0 Å². The second-order valence-corrected chi connectivity index (χ2v) is 5.07. The van der Waals surface area contributed by atoms with Gasteiger partial charge in [-0.25, -0.2) is 4.39 Å². The molecular weight excluding hydrogens is 237 g/mol. The summed E-state index contributed by atoms with van der Waals surface area (Å²) in [5, 5.41) is 0. The summed E-state index contributed by atoms with van der Waals surface area (Å²) in [5.41, 5.74) is 5.45. The fraction of sp³-hybridized carbons (Fsp3) is 0.462. The quantitative estimate of drug-likeness (QED) is 0.625. The van der Waals surface area contributed by atoms with E-state index < -0.39 is 0 Å². The van der Waals surface area contributed by atoms with Crippen molar-refractivity contribution in [1.82, 2.24) is 0 Å². The molecule has 0 spiro atoms. The number of ether oxygens (including phenoxy) is 1. The van der Waals surface area contributed by atoms with Crippen molar-refractivity contribution < 1.29 is 9.13 Å². The number of rotatable bonds is 6. The van der Waals surface area contributed by atoms with Gasteiger partial charge in [0.2, 0.25) is 0 Å². The zero-order valence-corrected chi connectivity index (χ0v) is 11.0. The van der Waals surface area contributed by atoms with Crippen LogP contribution in [0.3, 0.4) is 0 Å². The number of benzene rings is 1. The molecule has 2 N–H and O–H groups in total. The van der Waals surface area contributed by atoms with Crippen LogP contribution in [0, 0.1) is 11.2 Å². The third-order valence-corrected chi connectivity index (χ3v) is 3.26. The molecule has 0 unspecified atom stereocenters. The SMILES string of the molecule is CC(C)(CCCOc1ccccc1F)C(N)=S. The van der Waals surface area contributed by atoms with Crippen LogP contribution in [-0.4, -0.2) is 11.6 Å². The van der Waals surface area contributed by atoms with Crippen LogP contribution < -0.4 is 10.5 Å². The van der Waals surface area contributed by atoms with Crippen LogP contribution in [0.1, 0.15) is 26.7 Å². The molecule has 0 aliphatic rings. The lowest BCUT2D eigenvalue weighted by Gasteiger charge is -2.22. The van der Waals surface area contributed by atoms with E-state index in [-0.39, 0.29) is 11.2 Å². The minimum Gasteiger partial charge on any atom is -0.491 e. The van der Waals surface area contributed by atoms with Crippen LogP contribution in [0.5, 0.6) is 5.75 Å². The molecular formula is C13H18FNOS. The molecule has 0 saturated carbocycles. The van der Waals surface area contributed by atoms with E-state index in [2.05, 4.69) is 0 Å². The van der Waals surface area contributed by atoms with E-state index in [4.69, 9.17) is 22.7 Å². The van der Waals surface area contributed by atoms with Crippen molar-refractivity contribution in [1.29, 1.82) is 0 Å². The average Bonchev–Trinajstić information content (AvgIpc) is 2.26. The van der Waals surface area contributed by atoms with Gasteiger partial charge in [0.25, 0.3) is 0 Å². The zero-order chi connectivity index (χ0) is 12.9. The van der Waals surface area contributed by atoms with Gasteiger partial charge in [-0.2, -0.15) is 0 Å². The third kappa shape index (κ3) is 4.30. The molecule has 0 atom stereocenters. The van der Waals surface area contributed by atoms with Crippen molar-refractivity contribution >= 4 is 17.2 Å². The Balaban J connectivity index is 2.35. The van der Waals surface area contributed by atoms with Crippen LogP contribution in [0.2, 0.25) is 0 Å². The summed E-state index contributed by atoms with van der Waals surface area (Å²) < 4.78 is 18.6. The molecule has 1 aromatic carbocycles. The number of hydrogen-bond acceptors (Lipinski definition) is 2. The number of halogens is 1. The first kappa shape index (κ1) is 13.9. The lowest BCUT2D eigenvalue weighted by atomic mass is 9.88. The predicted molar refractivity (Wildman–Crippen MR) is 71.7 cm³/mol. The molecule has 0 bridgehead atoms. The number of nitrogens with two attached hydrogens (primary N) is 1. The standard InChI is InChI=1S/C13H18FNOS/c1-13(2,12(15)17)8-5-9-16-11-7-4-3-6-10(11)14/h3-4,6-7H,5,8-9H2,1-2H3,(H2,15,17). The van der Waals surface area contributed by atoms with E-state index in [0.717, 1.165) is 12.8 Å². The lowest BCUT2D eigenvalue weighted by molar-refractivity contribution is 0.276. The first-order valence-electron chi connectivity index (χ1n) is 5.61. The molecule has 0 aliphatic heterocycles. The van der Waals surface area contributed by atoms with Gasteiger partial charge in [0.15, 0.2) is 11.6 Å². The van der Waals surface area contributed by atoms with Gasteiger partial charge in [-0.3, -0.25) is 0 Å². The molecule has 94 valence electrons. The fourth-order valence-corrected chi connectivity index (χ4v) is 1.48. The largest absolute Gasteiger partial charge is 0.491 e. The molecule has 0 aliphatic carbocycles. The van der Waals surface area contributed by atoms with E-state index >= 15 is 0 Å². The second kappa shape index (κ2) is 5.96. The van der Waals surface area contributed by atoms with E-state index in [1.807, 2.05) is 13.8 Å². The molecule has 0 fully saturated rings. The van der Waals surface area contributed by atoms with E-state index in [9.17, 15) is 4.39 Å². The summed E-state index contributed by atoms with van der Waals surface area (Å²) >= 11 is 4.97. The van der Waals surface area contributed by atoms with Gasteiger partial charge >= 0.3 is 0 Å². The summed E-state index contributed by atoms with van der Waals surface area (Å²) in [6.45, 7) is 4.46. The molecule has 0 heterocycles. The molecule has 4 heteroatoms. The van der Waals surface area contributed by atoms with E-state index in [0.29, 0.717) is 17.3 Å². The van der Waals surface area contributed by atoms with Crippen molar-refractivity contribution in [2.45, 2.75) is 26.7 Å². The van der Waals surface area contributed by atoms with Gasteiger partial charge in [-0.05, 0) is 25.0 Å². The minimum absolute atomic E-state index is 0.173. The molecule has 0 aromatic heterocycles. The Bertz CT molecular complexity index is 393. The second-order valence-electron chi connectivity index (χ2n) is 4.63. The maximum Gasteiger partial charge on any atom is 0.165 e. The number of thiocarbonyl (C=S) groups is 1. The van der Waals surface area contributed by atoms with Crippen LogP contribution in [-0.2, 0) is 0 Å². The summed E-state index contributed by atoms with van der Waals surface area (Å²) in [6.07, 6.45) is 1.62. The zero-order valence-electron chi connectivity index (χ0n) is 10.2. The highest BCUT2D eigenvalue weighted by molar-refractivity contribution is 7.80. The number of hydrogen-bond donors (Lipinski definition) is 1. The molecule has 0 radical (unpaired) electrons. The summed E-state index contributed by atoms with van der Waals surface area (Å²) in [5.74, 6) is -0.0401. The van der Waals surface area contributed by atoms with Crippen molar-refractivity contribution in [3.05, 3.63) is 30.1 Å². The van der Waals surface area contributed by atoms with Crippen LogP contribution in [0.4, 0.5) is 4.39 Å². The van der Waals surface area contributed by atoms with Gasteiger partial charge in [0.1, 0.15) is 0 Å². The Hall–Kier alpha value is -1.16. The predicted octanol–water partition coefficient (Wildman–Crippen LogP) is 3.30. The minimum atomic E-state index is -0.332.